The van der Waals surface area contributed by atoms with Crippen molar-refractivity contribution in [3.05, 3.63) is 58.5 Å². The van der Waals surface area contributed by atoms with Crippen LogP contribution in [0.4, 0.5) is 0 Å². The number of nitroso groups, excluding NO2 is 1. The lowest BCUT2D eigenvalue weighted by atomic mass is 9.66. The summed E-state index contributed by atoms with van der Waals surface area (Å²) in [5, 5.41) is 12.9. The van der Waals surface area contributed by atoms with Crippen LogP contribution in [-0.2, 0) is 5.41 Å². The highest BCUT2D eigenvalue weighted by Crippen LogP contribution is 2.55. The van der Waals surface area contributed by atoms with Crippen LogP contribution in [0.3, 0.4) is 0 Å². The molecule has 1 N–H and O–H groups in total. The molecule has 0 radical (unpaired) electrons. The lowest BCUT2D eigenvalue weighted by molar-refractivity contribution is 0.353. The Morgan fingerprint density at radius 3 is 2.45 bits per heavy atom. The summed E-state index contributed by atoms with van der Waals surface area (Å²) in [5.41, 5.74) is 5.53. The molecule has 110 valence electrons. The van der Waals surface area contributed by atoms with Gasteiger partial charge in [0.1, 0.15) is 0 Å². The Hall–Kier alpha value is -1.94. The fourth-order valence-corrected chi connectivity index (χ4v) is 4.50. The van der Waals surface area contributed by atoms with Gasteiger partial charge in [-0.15, -0.1) is 0 Å². The summed E-state index contributed by atoms with van der Waals surface area (Å²) in [6, 6.07) is 14.4. The number of nitrogens with zero attached hydrogens (tertiary/aromatic N) is 1. The number of rotatable bonds is 2. The van der Waals surface area contributed by atoms with Gasteiger partial charge < -0.3 is 5.02 Å². The minimum atomic E-state index is -1.29. The van der Waals surface area contributed by atoms with E-state index in [1.807, 2.05) is 18.2 Å². The highest BCUT2D eigenvalue weighted by Gasteiger charge is 2.45. The quantitative estimate of drug-likeness (QED) is 0.681. The molecule has 3 nitrogen and oxygen atoms in total. The first-order valence-corrected chi connectivity index (χ1v) is 8.02. The van der Waals surface area contributed by atoms with Crippen LogP contribution < -0.4 is 5.46 Å². The average Bonchev–Trinajstić information content (AvgIpc) is 2.86. The summed E-state index contributed by atoms with van der Waals surface area (Å²) >= 11 is 0. The third-order valence-corrected chi connectivity index (χ3v) is 5.41. The summed E-state index contributed by atoms with van der Waals surface area (Å²) < 4.78 is 0. The number of hydrogen-bond acceptors (Lipinski definition) is 3. The molecule has 2 aromatic carbocycles. The number of benzene rings is 2. The summed E-state index contributed by atoms with van der Waals surface area (Å²) in [7, 11) is -1.29. The minimum absolute atomic E-state index is 0.0583. The Bertz CT molecular complexity index is 738. The van der Waals surface area contributed by atoms with E-state index < -0.39 is 7.05 Å². The largest absolute Gasteiger partial charge is 0.518 e. The molecule has 0 amide bonds. The Labute approximate surface area is 130 Å². The van der Waals surface area contributed by atoms with Crippen LogP contribution in [0, 0.1) is 4.91 Å². The molecule has 22 heavy (non-hydrogen) atoms. The van der Waals surface area contributed by atoms with Crippen LogP contribution in [0.5, 0.6) is 0 Å². The zero-order chi connectivity index (χ0) is 15.2. The van der Waals surface area contributed by atoms with Gasteiger partial charge in [-0.2, -0.15) is 4.91 Å². The molecule has 2 aromatic rings. The molecule has 2 aliphatic rings. The smallest absolute Gasteiger partial charge is 0.425 e. The first-order valence-electron chi connectivity index (χ1n) is 8.02. The summed E-state index contributed by atoms with van der Waals surface area (Å²) in [4.78, 5) is 10.9. The summed E-state index contributed by atoms with van der Waals surface area (Å²) in [6.07, 6.45) is 6.03. The number of hydrogen-bond donors (Lipinski definition) is 1. The first kappa shape index (κ1) is 13.7. The topological polar surface area (TPSA) is 49.7 Å². The molecule has 0 bridgehead atoms. The van der Waals surface area contributed by atoms with Gasteiger partial charge in [-0.25, -0.2) is 0 Å². The van der Waals surface area contributed by atoms with Crippen molar-refractivity contribution in [2.45, 2.75) is 37.5 Å². The van der Waals surface area contributed by atoms with Gasteiger partial charge in [-0.1, -0.05) is 66.8 Å². The van der Waals surface area contributed by atoms with Crippen molar-refractivity contribution < 1.29 is 5.02 Å². The molecule has 4 rings (SSSR count). The van der Waals surface area contributed by atoms with Gasteiger partial charge in [0.2, 0.25) is 0 Å². The maximum atomic E-state index is 10.9. The highest BCUT2D eigenvalue weighted by molar-refractivity contribution is 6.66. The summed E-state index contributed by atoms with van der Waals surface area (Å²) in [5.74, 6) is 0. The van der Waals surface area contributed by atoms with Gasteiger partial charge in [0.05, 0.1) is 0 Å². The Balaban J connectivity index is 2.03. The maximum absolute atomic E-state index is 10.9. The van der Waals surface area contributed by atoms with Crippen molar-refractivity contribution in [2.75, 3.05) is 0 Å². The van der Waals surface area contributed by atoms with Crippen LogP contribution in [0.2, 0.25) is 0 Å². The van der Waals surface area contributed by atoms with E-state index in [4.69, 9.17) is 0 Å². The molecule has 4 heteroatoms. The SMILES string of the molecule is O=NB(O)c1cccc2c1-c1ccccc1C21CCCCC1. The van der Waals surface area contributed by atoms with Crippen molar-refractivity contribution >= 4 is 12.5 Å². The molecule has 2 aliphatic carbocycles. The lowest BCUT2D eigenvalue weighted by Crippen LogP contribution is -2.32. The second-order valence-corrected chi connectivity index (χ2v) is 6.44. The highest BCUT2D eigenvalue weighted by atomic mass is 16.3. The van der Waals surface area contributed by atoms with E-state index >= 15 is 0 Å². The predicted molar refractivity (Wildman–Crippen MR) is 89.1 cm³/mol. The van der Waals surface area contributed by atoms with Gasteiger partial charge in [-0.3, -0.25) is 0 Å². The van der Waals surface area contributed by atoms with E-state index in [9.17, 15) is 9.93 Å². The first-order chi connectivity index (χ1) is 10.8. The molecule has 1 spiro atoms. The monoisotopic (exact) mass is 291 g/mol. The van der Waals surface area contributed by atoms with Crippen molar-refractivity contribution in [2.24, 2.45) is 5.09 Å². The van der Waals surface area contributed by atoms with Crippen molar-refractivity contribution in [1.82, 2.24) is 0 Å². The predicted octanol–water partition coefficient (Wildman–Crippen LogP) is 3.37. The van der Waals surface area contributed by atoms with Crippen molar-refractivity contribution in [1.29, 1.82) is 0 Å². The molecule has 0 heterocycles. The second-order valence-electron chi connectivity index (χ2n) is 6.44. The maximum Gasteiger partial charge on any atom is 0.518 e. The zero-order valence-corrected chi connectivity index (χ0v) is 12.5. The van der Waals surface area contributed by atoms with Gasteiger partial charge >= 0.3 is 7.05 Å². The molecule has 0 unspecified atom stereocenters. The van der Waals surface area contributed by atoms with Gasteiger partial charge in [0, 0.05) is 5.41 Å². The normalized spacial score (nSPS) is 17.9. The van der Waals surface area contributed by atoms with Gasteiger partial charge in [0.25, 0.3) is 0 Å². The molecule has 1 saturated carbocycles. The van der Waals surface area contributed by atoms with E-state index in [0.29, 0.717) is 5.46 Å². The summed E-state index contributed by atoms with van der Waals surface area (Å²) in [6.45, 7) is 0. The van der Waals surface area contributed by atoms with E-state index in [-0.39, 0.29) is 5.41 Å². The van der Waals surface area contributed by atoms with Gasteiger partial charge in [-0.05, 0) is 40.6 Å². The Kier molecular flexibility index (Phi) is 3.15. The van der Waals surface area contributed by atoms with Crippen molar-refractivity contribution in [3.8, 4) is 11.1 Å². The third-order valence-electron chi connectivity index (χ3n) is 5.41. The van der Waals surface area contributed by atoms with E-state index in [2.05, 4.69) is 29.4 Å². The molecular weight excluding hydrogens is 273 g/mol. The molecule has 0 aliphatic heterocycles. The van der Waals surface area contributed by atoms with Gasteiger partial charge in [0.15, 0.2) is 0 Å². The van der Waals surface area contributed by atoms with Crippen LogP contribution in [0.1, 0.15) is 43.2 Å². The van der Waals surface area contributed by atoms with E-state index in [1.165, 1.54) is 30.4 Å². The molecular formula is C18H18BNO2. The van der Waals surface area contributed by atoms with Crippen LogP contribution in [0.15, 0.2) is 47.6 Å². The molecule has 0 aromatic heterocycles. The van der Waals surface area contributed by atoms with Crippen molar-refractivity contribution in [3.63, 3.8) is 0 Å². The van der Waals surface area contributed by atoms with E-state index in [0.717, 1.165) is 24.0 Å². The standard InChI is InChI=1S/C18H18BNO2/c21-19(20-22)16-10-6-9-15-17(16)13-7-2-3-8-14(13)18(15)11-4-1-5-12-18/h2-3,6-10,21H,1,4-5,11-12H2. The number of fused-ring (bicyclic) bond motifs is 5. The van der Waals surface area contributed by atoms with Crippen LogP contribution in [-0.4, -0.2) is 12.1 Å². The minimum Gasteiger partial charge on any atom is -0.425 e. The Morgan fingerprint density at radius 2 is 1.68 bits per heavy atom. The lowest BCUT2D eigenvalue weighted by Gasteiger charge is -2.36. The fraction of sp³-hybridized carbons (Fsp3) is 0.333. The molecule has 1 fully saturated rings. The fourth-order valence-electron chi connectivity index (χ4n) is 4.50. The Morgan fingerprint density at radius 1 is 0.955 bits per heavy atom. The zero-order valence-electron chi connectivity index (χ0n) is 12.5. The molecule has 0 atom stereocenters. The van der Waals surface area contributed by atoms with Crippen LogP contribution >= 0.6 is 0 Å². The van der Waals surface area contributed by atoms with Crippen LogP contribution in [0.25, 0.3) is 11.1 Å². The third kappa shape index (κ3) is 1.73. The molecule has 0 saturated heterocycles. The van der Waals surface area contributed by atoms with E-state index in [1.54, 1.807) is 0 Å². The average molecular weight is 291 g/mol. The second kappa shape index (κ2) is 5.06.